The van der Waals surface area contributed by atoms with Gasteiger partial charge in [0, 0.05) is 35.1 Å². The van der Waals surface area contributed by atoms with Gasteiger partial charge in [0.1, 0.15) is 23.7 Å². The van der Waals surface area contributed by atoms with E-state index >= 15 is 0 Å². The molecule has 170 valence electrons. The summed E-state index contributed by atoms with van der Waals surface area (Å²) in [6.45, 7) is 9.68. The van der Waals surface area contributed by atoms with Gasteiger partial charge >= 0.3 is 11.7 Å². The van der Waals surface area contributed by atoms with Gasteiger partial charge in [0.05, 0.1) is 18.3 Å². The summed E-state index contributed by atoms with van der Waals surface area (Å²) in [5, 5.41) is 20.5. The van der Waals surface area contributed by atoms with Crippen LogP contribution in [0.5, 0.6) is 11.5 Å². The van der Waals surface area contributed by atoms with Crippen LogP contribution in [0.25, 0.3) is 16.5 Å². The largest absolute Gasteiger partial charge is 0.508 e. The summed E-state index contributed by atoms with van der Waals surface area (Å²) in [7, 11) is 0. The molecule has 0 saturated heterocycles. The molecule has 1 saturated carbocycles. The Labute approximate surface area is 192 Å². The van der Waals surface area contributed by atoms with Gasteiger partial charge in [-0.05, 0) is 50.3 Å². The quantitative estimate of drug-likeness (QED) is 0.364. The third-order valence-corrected chi connectivity index (χ3v) is 6.01. The number of hydrogen-bond donors (Lipinski definition) is 2. The molecule has 1 fully saturated rings. The smallest absolute Gasteiger partial charge is 0.307 e. The topological polar surface area (TPSA) is 94.0 Å². The van der Waals surface area contributed by atoms with Crippen LogP contribution in [-0.2, 0) is 17.8 Å². The Morgan fingerprint density at radius 3 is 2.55 bits per heavy atom. The molecular formula is C27H28NO5+. The van der Waals surface area contributed by atoms with Crippen LogP contribution in [0.4, 0.5) is 0 Å². The van der Waals surface area contributed by atoms with Crippen LogP contribution in [0.2, 0.25) is 0 Å². The van der Waals surface area contributed by atoms with Gasteiger partial charge in [0.2, 0.25) is 0 Å². The molecule has 4 rings (SSSR count). The number of rotatable bonds is 8. The Morgan fingerprint density at radius 1 is 1.18 bits per heavy atom. The van der Waals surface area contributed by atoms with E-state index in [-0.39, 0.29) is 18.8 Å². The Kier molecular flexibility index (Phi) is 6.12. The monoisotopic (exact) mass is 446 g/mol. The molecule has 33 heavy (non-hydrogen) atoms. The van der Waals surface area contributed by atoms with Crippen molar-refractivity contribution in [3.8, 4) is 11.5 Å². The Balaban J connectivity index is 1.76. The summed E-state index contributed by atoms with van der Waals surface area (Å²) < 4.78 is 16.0. The molecule has 0 atom stereocenters. The van der Waals surface area contributed by atoms with Gasteiger partial charge in [-0.2, -0.15) is 0 Å². The lowest BCUT2D eigenvalue weighted by Gasteiger charge is -2.14. The summed E-state index contributed by atoms with van der Waals surface area (Å²) >= 11 is 0. The zero-order valence-corrected chi connectivity index (χ0v) is 19.1. The predicted octanol–water partition coefficient (Wildman–Crippen LogP) is 5.24. The summed E-state index contributed by atoms with van der Waals surface area (Å²) in [4.78, 5) is 11.3. The van der Waals surface area contributed by atoms with Crippen LogP contribution in [0, 0.1) is 0 Å². The van der Waals surface area contributed by atoms with Crippen molar-refractivity contribution >= 4 is 34.9 Å². The van der Waals surface area contributed by atoms with E-state index in [9.17, 15) is 15.0 Å². The third kappa shape index (κ3) is 4.71. The number of nitrogens with zero attached hydrogens (tertiary/aromatic N) is 1. The fourth-order valence-corrected chi connectivity index (χ4v) is 4.16. The molecule has 0 spiro atoms. The van der Waals surface area contributed by atoms with Crippen molar-refractivity contribution in [2.45, 2.75) is 52.6 Å². The zero-order valence-electron chi connectivity index (χ0n) is 19.1. The van der Waals surface area contributed by atoms with Crippen LogP contribution in [0.1, 0.15) is 61.8 Å². The second-order valence-electron chi connectivity index (χ2n) is 8.75. The van der Waals surface area contributed by atoms with E-state index in [2.05, 4.69) is 11.4 Å². The average molecular weight is 447 g/mol. The number of aliphatic carboxylic acids is 1. The summed E-state index contributed by atoms with van der Waals surface area (Å²) in [5.41, 5.74) is 6.38. The van der Waals surface area contributed by atoms with Gasteiger partial charge in [-0.25, -0.2) is 0 Å². The van der Waals surface area contributed by atoms with E-state index < -0.39 is 5.97 Å². The number of aromatic hydroxyl groups is 1. The maximum atomic E-state index is 11.3. The second kappa shape index (κ2) is 9.00. The lowest BCUT2D eigenvalue weighted by atomic mass is 9.94. The minimum Gasteiger partial charge on any atom is -0.508 e. The standard InChI is InChI=1S/C27H27NO5/c1-15(2)27(16(3)28-4)22-11-21-20(10-26(30)31)14-33-24(21)12-25(22)32-13-19-8-7-18(9-23(19)29)17-5-6-17/h7-9,11-12,14,17H,4-6,10,13H2,1-3H3,(H-,29,30,31)/p+1. The lowest BCUT2D eigenvalue weighted by molar-refractivity contribution is -0.136. The molecule has 3 aromatic rings. The minimum atomic E-state index is -0.928. The number of hydrogen-bond acceptors (Lipinski definition) is 4. The highest BCUT2D eigenvalue weighted by atomic mass is 16.5. The van der Waals surface area contributed by atoms with Crippen molar-refractivity contribution in [2.75, 3.05) is 0 Å². The summed E-state index contributed by atoms with van der Waals surface area (Å²) in [6.07, 6.45) is 3.67. The summed E-state index contributed by atoms with van der Waals surface area (Å²) in [5.74, 6) is 0.414. The number of benzene rings is 2. The molecule has 0 unspecified atom stereocenters. The average Bonchev–Trinajstić information content (AvgIpc) is 3.55. The number of furan rings is 1. The first-order chi connectivity index (χ1) is 15.8. The van der Waals surface area contributed by atoms with Crippen molar-refractivity contribution < 1.29 is 24.2 Å². The Bertz CT molecular complexity index is 1320. The van der Waals surface area contributed by atoms with E-state index in [1.165, 1.54) is 19.1 Å². The number of allylic oxidation sites excluding steroid dienone is 2. The van der Waals surface area contributed by atoms with Gasteiger partial charge in [-0.1, -0.05) is 17.7 Å². The van der Waals surface area contributed by atoms with Crippen LogP contribution < -0.4 is 9.40 Å². The van der Waals surface area contributed by atoms with Crippen LogP contribution in [-0.4, -0.2) is 28.6 Å². The van der Waals surface area contributed by atoms with E-state index in [1.807, 2.05) is 45.0 Å². The van der Waals surface area contributed by atoms with Crippen LogP contribution in [0.15, 0.2) is 46.6 Å². The number of fused-ring (bicyclic) bond motifs is 1. The third-order valence-electron chi connectivity index (χ3n) is 6.01. The second-order valence-corrected chi connectivity index (χ2v) is 8.75. The molecule has 1 heterocycles. The number of ether oxygens (including phenoxy) is 1. The molecule has 6 nitrogen and oxygen atoms in total. The molecular weight excluding hydrogens is 418 g/mol. The lowest BCUT2D eigenvalue weighted by Crippen LogP contribution is -2.06. The van der Waals surface area contributed by atoms with Gasteiger partial charge in [-0.15, -0.1) is 4.67 Å². The highest BCUT2D eigenvalue weighted by molar-refractivity contribution is 6.24. The Morgan fingerprint density at radius 2 is 1.94 bits per heavy atom. The minimum absolute atomic E-state index is 0.138. The van der Waals surface area contributed by atoms with Crippen molar-refractivity contribution in [1.82, 2.24) is 4.67 Å². The normalized spacial score (nSPS) is 12.9. The highest BCUT2D eigenvalue weighted by Crippen LogP contribution is 2.42. The molecule has 6 heteroatoms. The maximum Gasteiger partial charge on any atom is 0.307 e. The van der Waals surface area contributed by atoms with Crippen LogP contribution >= 0.6 is 0 Å². The molecule has 2 N–H and O–H groups in total. The molecule has 1 aliphatic carbocycles. The maximum absolute atomic E-state index is 11.3. The number of carbonyl (C=O) groups is 1. The van der Waals surface area contributed by atoms with E-state index in [0.717, 1.165) is 28.0 Å². The van der Waals surface area contributed by atoms with Crippen molar-refractivity contribution in [2.24, 2.45) is 0 Å². The highest BCUT2D eigenvalue weighted by Gasteiger charge is 2.25. The molecule has 2 aromatic carbocycles. The number of carboxylic acids is 1. The van der Waals surface area contributed by atoms with E-state index in [1.54, 1.807) is 6.07 Å². The van der Waals surface area contributed by atoms with Crippen molar-refractivity contribution in [3.63, 3.8) is 0 Å². The molecule has 1 aliphatic rings. The first-order valence-corrected chi connectivity index (χ1v) is 11.0. The SMILES string of the molecule is C=[N+]=C(C)C(=C(C)C)c1cc2c(CC(=O)O)coc2cc1OCc1ccc(C2CC2)cc1O. The van der Waals surface area contributed by atoms with Crippen molar-refractivity contribution in [3.05, 3.63) is 64.4 Å². The predicted molar refractivity (Wildman–Crippen MR) is 130 cm³/mol. The van der Waals surface area contributed by atoms with Gasteiger partial charge in [0.25, 0.3) is 6.72 Å². The molecule has 0 radical (unpaired) electrons. The number of phenols is 1. The van der Waals surface area contributed by atoms with Gasteiger partial charge < -0.3 is 19.4 Å². The first-order valence-electron chi connectivity index (χ1n) is 11.0. The molecule has 1 aromatic heterocycles. The molecule has 0 aliphatic heterocycles. The zero-order chi connectivity index (χ0) is 23.7. The van der Waals surface area contributed by atoms with E-state index in [4.69, 9.17) is 9.15 Å². The van der Waals surface area contributed by atoms with Gasteiger partial charge in [-0.3, -0.25) is 4.79 Å². The fourth-order valence-electron chi connectivity index (χ4n) is 4.16. The molecule has 0 amide bonds. The molecule has 0 bridgehead atoms. The fraction of sp³-hybridized carbons (Fsp3) is 0.296. The summed E-state index contributed by atoms with van der Waals surface area (Å²) in [6, 6.07) is 9.44. The number of carboxylic acid groups (broad SMARTS) is 1. The van der Waals surface area contributed by atoms with E-state index in [0.29, 0.717) is 33.8 Å². The Hall–Kier alpha value is -3.76. The van der Waals surface area contributed by atoms with Crippen molar-refractivity contribution in [1.29, 1.82) is 0 Å². The first kappa shape index (κ1) is 22.4. The van der Waals surface area contributed by atoms with Crippen LogP contribution in [0.3, 0.4) is 0 Å². The van der Waals surface area contributed by atoms with Gasteiger partial charge in [0.15, 0.2) is 0 Å². The number of phenolic OH excluding ortho intramolecular Hbond substituents is 1.